The molecule has 0 aliphatic carbocycles. The molecule has 10 nitrogen and oxygen atoms in total. The van der Waals surface area contributed by atoms with E-state index in [9.17, 15) is 14.9 Å². The Balaban J connectivity index is 1.69. The molecule has 0 bridgehead atoms. The van der Waals surface area contributed by atoms with Crippen molar-refractivity contribution in [2.24, 2.45) is 0 Å². The van der Waals surface area contributed by atoms with Crippen molar-refractivity contribution in [3.8, 4) is 17.4 Å². The van der Waals surface area contributed by atoms with Crippen LogP contribution in [0.1, 0.15) is 6.92 Å². The van der Waals surface area contributed by atoms with Crippen LogP contribution < -0.4 is 10.1 Å². The number of aromatic nitrogens is 2. The minimum Gasteiger partial charge on any atom is -0.495 e. The molecule has 27 heavy (non-hydrogen) atoms. The molecule has 2 aromatic heterocycles. The Hall–Kier alpha value is -3.34. The molecule has 140 valence electrons. The van der Waals surface area contributed by atoms with E-state index in [1.165, 1.54) is 31.6 Å². The summed E-state index contributed by atoms with van der Waals surface area (Å²) in [7, 11) is 1.41. The van der Waals surface area contributed by atoms with Gasteiger partial charge in [0, 0.05) is 12.1 Å². The van der Waals surface area contributed by atoms with Gasteiger partial charge >= 0.3 is 0 Å². The quantitative estimate of drug-likeness (QED) is 0.366. The highest BCUT2D eigenvalue weighted by Gasteiger charge is 2.21. The van der Waals surface area contributed by atoms with E-state index in [-0.39, 0.29) is 22.5 Å². The topological polar surface area (TPSA) is 134 Å². The maximum atomic E-state index is 12.4. The Labute approximate surface area is 157 Å². The summed E-state index contributed by atoms with van der Waals surface area (Å²) in [4.78, 5) is 22.8. The van der Waals surface area contributed by atoms with Crippen molar-refractivity contribution in [2.75, 3.05) is 12.4 Å². The molecule has 0 unspecified atom stereocenters. The minimum absolute atomic E-state index is 0.161. The first-order valence-electron chi connectivity index (χ1n) is 7.65. The Kier molecular flexibility index (Phi) is 5.41. The largest absolute Gasteiger partial charge is 0.495 e. The summed E-state index contributed by atoms with van der Waals surface area (Å²) in [5.41, 5.74) is 0.0392. The summed E-state index contributed by atoms with van der Waals surface area (Å²) in [6.07, 6.45) is 1.48. The van der Waals surface area contributed by atoms with Crippen LogP contribution in [-0.2, 0) is 4.79 Å². The Morgan fingerprint density at radius 3 is 2.85 bits per heavy atom. The molecule has 3 aromatic rings. The zero-order valence-electron chi connectivity index (χ0n) is 14.2. The van der Waals surface area contributed by atoms with Gasteiger partial charge in [-0.15, -0.1) is 10.2 Å². The van der Waals surface area contributed by atoms with Crippen molar-refractivity contribution < 1.29 is 23.3 Å². The number of carbonyl (C=O) groups excluding carboxylic acids is 1. The average molecular weight is 390 g/mol. The summed E-state index contributed by atoms with van der Waals surface area (Å²) in [5, 5.41) is 20.8. The number of thioether (sulfide) groups is 1. The van der Waals surface area contributed by atoms with Crippen molar-refractivity contribution in [2.45, 2.75) is 17.4 Å². The van der Waals surface area contributed by atoms with Gasteiger partial charge in [-0.2, -0.15) is 0 Å². The lowest BCUT2D eigenvalue weighted by molar-refractivity contribution is -0.384. The molecule has 0 aliphatic rings. The number of hydrogen-bond donors (Lipinski definition) is 1. The van der Waals surface area contributed by atoms with Gasteiger partial charge in [-0.05, 0) is 25.1 Å². The van der Waals surface area contributed by atoms with E-state index in [1.54, 1.807) is 19.1 Å². The second-order valence-electron chi connectivity index (χ2n) is 5.24. The van der Waals surface area contributed by atoms with Gasteiger partial charge in [0.1, 0.15) is 5.75 Å². The van der Waals surface area contributed by atoms with Crippen LogP contribution >= 0.6 is 11.8 Å². The molecule has 0 saturated carbocycles. The first-order chi connectivity index (χ1) is 13.0. The standard InChI is InChI=1S/C16H14N4O6S/c1-9(27-16-19-18-15(26-16)13-4-3-7-25-13)14(21)17-11-8-10(20(22)23)5-6-12(11)24-2/h3-9H,1-2H3,(H,17,21)/t9-/m1/s1. The van der Waals surface area contributed by atoms with Gasteiger partial charge in [0.05, 0.1) is 29.2 Å². The van der Waals surface area contributed by atoms with Crippen molar-refractivity contribution in [1.82, 2.24) is 10.2 Å². The molecule has 0 saturated heterocycles. The first-order valence-corrected chi connectivity index (χ1v) is 8.53. The maximum absolute atomic E-state index is 12.4. The number of methoxy groups -OCH3 is 1. The lowest BCUT2D eigenvalue weighted by atomic mass is 10.2. The van der Waals surface area contributed by atoms with Crippen molar-refractivity contribution in [3.63, 3.8) is 0 Å². The molecule has 2 heterocycles. The van der Waals surface area contributed by atoms with Crippen LogP contribution in [0.4, 0.5) is 11.4 Å². The summed E-state index contributed by atoms with van der Waals surface area (Å²) >= 11 is 1.04. The van der Waals surface area contributed by atoms with E-state index in [0.717, 1.165) is 11.8 Å². The maximum Gasteiger partial charge on any atom is 0.284 e. The second-order valence-corrected chi connectivity index (χ2v) is 6.53. The monoisotopic (exact) mass is 390 g/mol. The molecule has 11 heteroatoms. The first kappa shape index (κ1) is 18.5. The fraction of sp³-hybridized carbons (Fsp3) is 0.188. The van der Waals surface area contributed by atoms with E-state index < -0.39 is 16.1 Å². The predicted molar refractivity (Wildman–Crippen MR) is 95.6 cm³/mol. The molecular weight excluding hydrogens is 376 g/mol. The van der Waals surface area contributed by atoms with Crippen LogP contribution in [0.15, 0.2) is 50.7 Å². The van der Waals surface area contributed by atoms with Crippen LogP contribution in [0.3, 0.4) is 0 Å². The van der Waals surface area contributed by atoms with E-state index in [0.29, 0.717) is 11.5 Å². The van der Waals surface area contributed by atoms with Crippen LogP contribution in [0.25, 0.3) is 11.7 Å². The number of carbonyl (C=O) groups is 1. The van der Waals surface area contributed by atoms with Crippen LogP contribution in [-0.4, -0.2) is 33.4 Å². The van der Waals surface area contributed by atoms with Crippen molar-refractivity contribution in [3.05, 3.63) is 46.7 Å². The fourth-order valence-electron chi connectivity index (χ4n) is 2.10. The number of anilines is 1. The van der Waals surface area contributed by atoms with Gasteiger partial charge in [0.15, 0.2) is 5.76 Å². The highest BCUT2D eigenvalue weighted by molar-refractivity contribution is 8.00. The van der Waals surface area contributed by atoms with Crippen LogP contribution in [0, 0.1) is 10.1 Å². The second kappa shape index (κ2) is 7.91. The molecule has 0 radical (unpaired) electrons. The number of ether oxygens (including phenoxy) is 1. The Morgan fingerprint density at radius 2 is 2.19 bits per heavy atom. The summed E-state index contributed by atoms with van der Waals surface area (Å²) in [6.45, 7) is 1.64. The molecule has 1 amide bonds. The van der Waals surface area contributed by atoms with Crippen molar-refractivity contribution in [1.29, 1.82) is 0 Å². The van der Waals surface area contributed by atoms with E-state index in [4.69, 9.17) is 13.6 Å². The fourth-order valence-corrected chi connectivity index (χ4v) is 2.79. The third-order valence-corrected chi connectivity index (χ3v) is 4.37. The summed E-state index contributed by atoms with van der Waals surface area (Å²) in [6, 6.07) is 7.30. The van der Waals surface area contributed by atoms with Gasteiger partial charge in [-0.3, -0.25) is 14.9 Å². The van der Waals surface area contributed by atoms with E-state index >= 15 is 0 Å². The smallest absolute Gasteiger partial charge is 0.284 e. The third-order valence-electron chi connectivity index (χ3n) is 3.44. The lowest BCUT2D eigenvalue weighted by Gasteiger charge is -2.12. The highest BCUT2D eigenvalue weighted by Crippen LogP contribution is 2.31. The number of amides is 1. The minimum atomic E-state index is -0.612. The molecule has 1 atom stereocenters. The average Bonchev–Trinajstić information content (AvgIpc) is 3.33. The number of furan rings is 1. The Bertz CT molecular complexity index is 956. The van der Waals surface area contributed by atoms with Crippen LogP contribution in [0.2, 0.25) is 0 Å². The number of nitrogens with zero attached hydrogens (tertiary/aromatic N) is 3. The van der Waals surface area contributed by atoms with Gasteiger partial charge in [-0.1, -0.05) is 11.8 Å². The van der Waals surface area contributed by atoms with Gasteiger partial charge in [0.2, 0.25) is 5.91 Å². The number of nitro groups is 1. The SMILES string of the molecule is COc1ccc([N+](=O)[O-])cc1NC(=O)[C@@H](C)Sc1nnc(-c2ccco2)o1. The normalized spacial score (nSPS) is 11.8. The number of hydrogen-bond acceptors (Lipinski definition) is 9. The highest BCUT2D eigenvalue weighted by atomic mass is 32.2. The zero-order chi connectivity index (χ0) is 19.4. The number of nitrogens with one attached hydrogen (secondary N) is 1. The molecule has 0 aliphatic heterocycles. The predicted octanol–water partition coefficient (Wildman–Crippen LogP) is 3.37. The summed E-state index contributed by atoms with van der Waals surface area (Å²) in [5.74, 6) is 0.531. The molecule has 1 aromatic carbocycles. The molecule has 0 fully saturated rings. The van der Waals surface area contributed by atoms with E-state index in [2.05, 4.69) is 15.5 Å². The molecule has 0 spiro atoms. The van der Waals surface area contributed by atoms with Gasteiger partial charge in [-0.25, -0.2) is 0 Å². The van der Waals surface area contributed by atoms with Crippen LogP contribution in [0.5, 0.6) is 5.75 Å². The van der Waals surface area contributed by atoms with E-state index in [1.807, 2.05) is 0 Å². The number of non-ortho nitro benzene ring substituents is 1. The third kappa shape index (κ3) is 4.26. The van der Waals surface area contributed by atoms with Gasteiger partial charge in [0.25, 0.3) is 16.8 Å². The van der Waals surface area contributed by atoms with Crippen molar-refractivity contribution >= 4 is 29.0 Å². The lowest BCUT2D eigenvalue weighted by Crippen LogP contribution is -2.22. The zero-order valence-corrected chi connectivity index (χ0v) is 15.1. The molecule has 3 rings (SSSR count). The Morgan fingerprint density at radius 1 is 1.37 bits per heavy atom. The molecular formula is C16H14N4O6S. The molecule has 1 N–H and O–H groups in total. The number of benzene rings is 1. The number of nitro benzene ring substituents is 1. The van der Waals surface area contributed by atoms with Gasteiger partial charge < -0.3 is 18.9 Å². The number of rotatable bonds is 7. The summed E-state index contributed by atoms with van der Waals surface area (Å²) < 4.78 is 15.7.